The van der Waals surface area contributed by atoms with Gasteiger partial charge in [-0.1, -0.05) is 176 Å². The summed E-state index contributed by atoms with van der Waals surface area (Å²) in [5, 5.41) is 0.963. The van der Waals surface area contributed by atoms with Crippen LogP contribution in [0.3, 0.4) is 0 Å². The summed E-state index contributed by atoms with van der Waals surface area (Å²) in [6.45, 7) is 0. The van der Waals surface area contributed by atoms with E-state index in [9.17, 15) is 0 Å². The van der Waals surface area contributed by atoms with Gasteiger partial charge in [-0.05, 0) is 87.0 Å². The van der Waals surface area contributed by atoms with Crippen molar-refractivity contribution in [1.29, 1.82) is 0 Å². The molecule has 3 aromatic heterocycles. The minimum atomic E-state index is -0.751. The summed E-state index contributed by atoms with van der Waals surface area (Å²) in [7, 11) is 0. The van der Waals surface area contributed by atoms with E-state index in [0.29, 0.717) is 28.9 Å². The molecule has 0 atom stereocenters. The summed E-state index contributed by atoms with van der Waals surface area (Å²) in [5.74, 6) is 4.11. The molecule has 0 amide bonds. The average Bonchev–Trinajstić information content (AvgIpc) is 3.94. The standard InChI is InChI=1S/C62H37N5O2/c1-4-17-38(18-5-1)47-35-41(31-33-43(47)60-63-37-55-57(64-60)45-23-10-13-28-52(45)68-55)42-32-34-44-51(36-42)62(48-25-11-14-29-53(48)69-54-30-15-12-26-49(54)62)50-27-16-24-46(56(44)50)61-66-58(39-19-6-2-7-20-39)65-59(67-61)40-21-8-3-9-22-40/h1-37H. The van der Waals surface area contributed by atoms with Gasteiger partial charge in [0.1, 0.15) is 22.6 Å². The number of furan rings is 1. The third-order valence-corrected chi connectivity index (χ3v) is 13.7. The molecule has 4 heterocycles. The van der Waals surface area contributed by atoms with Crippen molar-refractivity contribution in [1.82, 2.24) is 24.9 Å². The molecule has 1 spiro atoms. The van der Waals surface area contributed by atoms with Gasteiger partial charge in [-0.25, -0.2) is 24.9 Å². The first-order valence-corrected chi connectivity index (χ1v) is 23.1. The Labute approximate surface area is 397 Å². The van der Waals surface area contributed by atoms with Crippen molar-refractivity contribution in [2.45, 2.75) is 5.41 Å². The number of para-hydroxylation sites is 3. The second-order valence-corrected chi connectivity index (χ2v) is 17.5. The predicted octanol–water partition coefficient (Wildman–Crippen LogP) is 15.0. The van der Waals surface area contributed by atoms with Crippen LogP contribution in [0.1, 0.15) is 22.3 Å². The van der Waals surface area contributed by atoms with Crippen LogP contribution in [0.15, 0.2) is 229 Å². The summed E-state index contributed by atoms with van der Waals surface area (Å²) >= 11 is 0. The number of fused-ring (bicyclic) bond motifs is 12. The van der Waals surface area contributed by atoms with Gasteiger partial charge in [-0.3, -0.25) is 0 Å². The Morgan fingerprint density at radius 1 is 0.333 bits per heavy atom. The lowest BCUT2D eigenvalue weighted by atomic mass is 9.66. The fourth-order valence-corrected chi connectivity index (χ4v) is 10.7. The van der Waals surface area contributed by atoms with Gasteiger partial charge in [0, 0.05) is 38.8 Å². The van der Waals surface area contributed by atoms with E-state index in [-0.39, 0.29) is 0 Å². The zero-order valence-corrected chi connectivity index (χ0v) is 36.9. The van der Waals surface area contributed by atoms with Gasteiger partial charge in [0.05, 0.1) is 11.6 Å². The third kappa shape index (κ3) is 6.04. The predicted molar refractivity (Wildman–Crippen MR) is 273 cm³/mol. The van der Waals surface area contributed by atoms with Crippen molar-refractivity contribution in [3.8, 4) is 90.4 Å². The van der Waals surface area contributed by atoms with Crippen LogP contribution in [0, 0.1) is 0 Å². The largest absolute Gasteiger partial charge is 0.457 e. The fourth-order valence-electron chi connectivity index (χ4n) is 10.7. The Kier molecular flexibility index (Phi) is 8.66. The molecule has 0 fully saturated rings. The summed E-state index contributed by atoms with van der Waals surface area (Å²) in [4.78, 5) is 25.6. The molecule has 14 rings (SSSR count). The molecule has 0 radical (unpaired) electrons. The number of nitrogens with zero attached hydrogens (tertiary/aromatic N) is 5. The van der Waals surface area contributed by atoms with Gasteiger partial charge in [0.25, 0.3) is 0 Å². The molecular formula is C62H37N5O2. The molecule has 2 aliphatic rings. The summed E-state index contributed by atoms with van der Waals surface area (Å²) in [6.07, 6.45) is 1.79. The van der Waals surface area contributed by atoms with E-state index in [0.717, 1.165) is 106 Å². The molecule has 0 bridgehead atoms. The molecule has 0 saturated heterocycles. The minimum Gasteiger partial charge on any atom is -0.457 e. The van der Waals surface area contributed by atoms with Crippen molar-refractivity contribution >= 4 is 22.1 Å². The first-order valence-electron chi connectivity index (χ1n) is 23.1. The average molecular weight is 884 g/mol. The number of hydrogen-bond acceptors (Lipinski definition) is 7. The summed E-state index contributed by atoms with van der Waals surface area (Å²) in [5.41, 5.74) is 16.0. The lowest BCUT2D eigenvalue weighted by Gasteiger charge is -2.39. The third-order valence-electron chi connectivity index (χ3n) is 13.7. The zero-order chi connectivity index (χ0) is 45.5. The zero-order valence-electron chi connectivity index (χ0n) is 36.9. The molecule has 12 aromatic rings. The van der Waals surface area contributed by atoms with Gasteiger partial charge in [0.15, 0.2) is 28.9 Å². The van der Waals surface area contributed by atoms with Crippen molar-refractivity contribution in [2.24, 2.45) is 0 Å². The summed E-state index contributed by atoms with van der Waals surface area (Å²) in [6, 6.07) is 75.8. The van der Waals surface area contributed by atoms with E-state index in [1.165, 1.54) is 0 Å². The maximum absolute atomic E-state index is 6.77. The smallest absolute Gasteiger partial charge is 0.172 e. The Morgan fingerprint density at radius 3 is 1.59 bits per heavy atom. The second-order valence-electron chi connectivity index (χ2n) is 17.5. The van der Waals surface area contributed by atoms with Crippen molar-refractivity contribution < 1.29 is 9.15 Å². The number of aromatic nitrogens is 5. The topological polar surface area (TPSA) is 86.8 Å². The van der Waals surface area contributed by atoms with Gasteiger partial charge in [-0.15, -0.1) is 0 Å². The Hall–Kier alpha value is -9.33. The normalized spacial score (nSPS) is 12.9. The highest BCUT2D eigenvalue weighted by atomic mass is 16.5. The van der Waals surface area contributed by atoms with Gasteiger partial charge in [-0.2, -0.15) is 0 Å². The van der Waals surface area contributed by atoms with Crippen LogP contribution in [-0.4, -0.2) is 24.9 Å². The van der Waals surface area contributed by atoms with E-state index in [2.05, 4.69) is 115 Å². The molecule has 1 aliphatic heterocycles. The maximum atomic E-state index is 6.77. The van der Waals surface area contributed by atoms with Crippen molar-refractivity contribution in [3.63, 3.8) is 0 Å². The van der Waals surface area contributed by atoms with Crippen LogP contribution in [0.4, 0.5) is 0 Å². The van der Waals surface area contributed by atoms with E-state index < -0.39 is 5.41 Å². The molecule has 0 N–H and O–H groups in total. The number of rotatable bonds is 6. The molecular weight excluding hydrogens is 847 g/mol. The van der Waals surface area contributed by atoms with Crippen LogP contribution in [0.25, 0.3) is 101 Å². The fraction of sp³-hybridized carbons (Fsp3) is 0.0161. The Balaban J connectivity index is 1.01. The Bertz CT molecular complexity index is 3900. The first-order chi connectivity index (χ1) is 34.2. The molecule has 7 heteroatoms. The molecule has 9 aromatic carbocycles. The summed E-state index contributed by atoms with van der Waals surface area (Å²) < 4.78 is 12.9. The molecule has 322 valence electrons. The molecule has 1 aliphatic carbocycles. The number of benzene rings is 9. The van der Waals surface area contributed by atoms with Crippen LogP contribution in [0.2, 0.25) is 0 Å². The number of hydrogen-bond donors (Lipinski definition) is 0. The van der Waals surface area contributed by atoms with Gasteiger partial charge >= 0.3 is 0 Å². The van der Waals surface area contributed by atoms with Gasteiger partial charge in [0.2, 0.25) is 0 Å². The van der Waals surface area contributed by atoms with Crippen LogP contribution >= 0.6 is 0 Å². The van der Waals surface area contributed by atoms with Crippen LogP contribution in [-0.2, 0) is 5.41 Å². The first kappa shape index (κ1) is 38.9. The quantitative estimate of drug-likeness (QED) is 0.164. The highest BCUT2D eigenvalue weighted by molar-refractivity contribution is 6.03. The van der Waals surface area contributed by atoms with E-state index in [1.807, 2.05) is 103 Å². The second kappa shape index (κ2) is 15.4. The lowest BCUT2D eigenvalue weighted by Crippen LogP contribution is -2.32. The molecule has 69 heavy (non-hydrogen) atoms. The molecule has 7 nitrogen and oxygen atoms in total. The van der Waals surface area contributed by atoms with E-state index in [4.69, 9.17) is 34.1 Å². The van der Waals surface area contributed by atoms with Crippen molar-refractivity contribution in [3.05, 3.63) is 247 Å². The monoisotopic (exact) mass is 883 g/mol. The van der Waals surface area contributed by atoms with Crippen molar-refractivity contribution in [2.75, 3.05) is 0 Å². The highest BCUT2D eigenvalue weighted by Crippen LogP contribution is 2.63. The maximum Gasteiger partial charge on any atom is 0.172 e. The highest BCUT2D eigenvalue weighted by Gasteiger charge is 2.52. The number of ether oxygens (including phenoxy) is 1. The van der Waals surface area contributed by atoms with Crippen LogP contribution in [0.5, 0.6) is 11.5 Å². The molecule has 0 saturated carbocycles. The van der Waals surface area contributed by atoms with E-state index >= 15 is 0 Å². The van der Waals surface area contributed by atoms with Gasteiger partial charge < -0.3 is 9.15 Å². The van der Waals surface area contributed by atoms with E-state index in [1.54, 1.807) is 6.20 Å². The molecule has 0 unspecified atom stereocenters. The Morgan fingerprint density at radius 2 is 0.899 bits per heavy atom. The van der Waals surface area contributed by atoms with Crippen LogP contribution < -0.4 is 4.74 Å². The SMILES string of the molecule is c1ccc(-c2nc(-c3ccccc3)nc(-c3cccc4c3-c3ccc(-c5ccc(-c6ncc7oc8ccccc8c7n6)c(-c6ccccc6)c5)cc3C43c4ccccc4Oc4ccccc43)n2)cc1. The lowest BCUT2D eigenvalue weighted by molar-refractivity contribution is 0.436. The minimum absolute atomic E-state index is 0.604.